The molecule has 0 aromatic carbocycles. The van der Waals surface area contributed by atoms with Crippen LogP contribution in [0.4, 0.5) is 0 Å². The van der Waals surface area contributed by atoms with E-state index in [1.807, 2.05) is 5.57 Å². The van der Waals surface area contributed by atoms with Gasteiger partial charge < -0.3 is 0 Å². The van der Waals surface area contributed by atoms with Gasteiger partial charge in [0, 0.05) is 16.6 Å². The van der Waals surface area contributed by atoms with Crippen molar-refractivity contribution in [1.82, 2.24) is 0 Å². The second-order valence-electron chi connectivity index (χ2n) is 11.5. The van der Waals surface area contributed by atoms with Crippen LogP contribution in [0, 0.1) is 11.8 Å². The van der Waals surface area contributed by atoms with E-state index in [1.165, 1.54) is 12.8 Å². The molecule has 3 heteroatoms. The van der Waals surface area contributed by atoms with E-state index >= 15 is 0 Å². The minimum absolute atomic E-state index is 0.0507. The molecular weight excluding hydrogens is 312 g/mol. The van der Waals surface area contributed by atoms with Crippen LogP contribution in [0.15, 0.2) is 10.8 Å². The van der Waals surface area contributed by atoms with Crippen LogP contribution in [0.25, 0.3) is 0 Å². The fourth-order valence-corrected chi connectivity index (χ4v) is 19.6. The molecule has 4 aliphatic carbocycles. The van der Waals surface area contributed by atoms with E-state index in [1.54, 1.807) is 19.3 Å². The van der Waals surface area contributed by atoms with Crippen LogP contribution in [0.3, 0.4) is 0 Å². The summed E-state index contributed by atoms with van der Waals surface area (Å²) in [6.07, 6.45) is 7.80. The Labute approximate surface area is 143 Å². The summed E-state index contributed by atoms with van der Waals surface area (Å²) in [5.41, 5.74) is 2.03. The van der Waals surface area contributed by atoms with Gasteiger partial charge in [-0.15, -0.1) is 0 Å². The second-order valence-corrected chi connectivity index (χ2v) is 29.7. The number of rotatable bonds is 3. The molecule has 2 atom stereocenters. The third kappa shape index (κ3) is 2.50. The number of hydrogen-bond donors (Lipinski definition) is 0. The fraction of sp³-hybridized carbons (Fsp3) is 0.895. The van der Waals surface area contributed by atoms with Crippen molar-refractivity contribution in [3.63, 3.8) is 0 Å². The van der Waals surface area contributed by atoms with Gasteiger partial charge in [0.25, 0.3) is 0 Å². The van der Waals surface area contributed by atoms with Gasteiger partial charge in [0.1, 0.15) is 0 Å². The van der Waals surface area contributed by atoms with Crippen LogP contribution in [0.2, 0.25) is 42.8 Å². The first-order chi connectivity index (χ1) is 9.86. The summed E-state index contributed by atoms with van der Waals surface area (Å²) in [7, 11) is -2.27. The zero-order chi connectivity index (χ0) is 16.6. The molecule has 0 saturated heterocycles. The maximum Gasteiger partial charge on any atom is 0.0547 e. The van der Waals surface area contributed by atoms with E-state index < -0.39 is 15.7 Å². The molecule has 0 aromatic rings. The molecule has 2 saturated carbocycles. The molecule has 0 heterocycles. The summed E-state index contributed by atoms with van der Waals surface area (Å²) in [5, 5.41) is 3.50. The van der Waals surface area contributed by atoms with E-state index in [4.69, 9.17) is 0 Å². The van der Waals surface area contributed by atoms with E-state index in [-0.39, 0.29) is 9.04 Å². The van der Waals surface area contributed by atoms with Crippen molar-refractivity contribution in [2.75, 3.05) is 0 Å². The molecule has 0 amide bonds. The Hall–Kier alpha value is 0.391. The summed E-state index contributed by atoms with van der Waals surface area (Å²) in [4.78, 5) is 0. The van der Waals surface area contributed by atoms with E-state index in [9.17, 15) is 0 Å². The second kappa shape index (κ2) is 4.95. The largest absolute Gasteiger partial charge is 0.0878 e. The monoisotopic (exact) mass is 350 g/mol. The van der Waals surface area contributed by atoms with Gasteiger partial charge in [-0.25, -0.2) is 0 Å². The predicted molar refractivity (Wildman–Crippen MR) is 109 cm³/mol. The molecule has 0 N–H and O–H groups in total. The molecule has 2 fully saturated rings. The van der Waals surface area contributed by atoms with Gasteiger partial charge in [-0.1, -0.05) is 64.3 Å². The first-order valence-electron chi connectivity index (χ1n) is 9.57. The Balaban J connectivity index is 2.05. The lowest BCUT2D eigenvalue weighted by atomic mass is 9.60. The van der Waals surface area contributed by atoms with E-state index in [0.29, 0.717) is 5.04 Å². The average Bonchev–Trinajstić information content (AvgIpc) is 2.30. The molecule has 126 valence electrons. The Bertz CT molecular complexity index is 486. The molecule has 4 rings (SSSR count). The SMILES string of the molecule is CC(C)(C)[Si](C)(C)[SiH2]C1=C2CC3CC(C2)CC1([Si](C)(C)C)C3. The number of hydrogen-bond acceptors (Lipinski definition) is 0. The van der Waals surface area contributed by atoms with Crippen molar-refractivity contribution >= 4 is 24.7 Å². The molecule has 0 aromatic heterocycles. The Morgan fingerprint density at radius 1 is 0.955 bits per heavy atom. The smallest absolute Gasteiger partial charge is 0.0547 e. The summed E-state index contributed by atoms with van der Waals surface area (Å²) >= 11 is 0. The van der Waals surface area contributed by atoms with Crippen LogP contribution < -0.4 is 0 Å². The van der Waals surface area contributed by atoms with Gasteiger partial charge in [0.15, 0.2) is 0 Å². The molecule has 22 heavy (non-hydrogen) atoms. The molecule has 4 aliphatic rings. The highest BCUT2D eigenvalue weighted by Gasteiger charge is 2.57. The van der Waals surface area contributed by atoms with Gasteiger partial charge in [-0.3, -0.25) is 0 Å². The van der Waals surface area contributed by atoms with Gasteiger partial charge in [0.2, 0.25) is 0 Å². The topological polar surface area (TPSA) is 0 Å². The van der Waals surface area contributed by atoms with E-state index in [2.05, 4.69) is 58.7 Å². The lowest BCUT2D eigenvalue weighted by Crippen LogP contribution is -2.56. The molecule has 0 radical (unpaired) electrons. The van der Waals surface area contributed by atoms with Gasteiger partial charge >= 0.3 is 0 Å². The molecule has 0 spiro atoms. The van der Waals surface area contributed by atoms with Gasteiger partial charge in [-0.2, -0.15) is 0 Å². The summed E-state index contributed by atoms with van der Waals surface area (Å²) < 4.78 is 0. The van der Waals surface area contributed by atoms with Gasteiger partial charge in [-0.05, 0) is 54.0 Å². The molecule has 2 unspecified atom stereocenters. The first-order valence-corrected chi connectivity index (χ1v) is 19.1. The molecule has 0 nitrogen and oxygen atoms in total. The summed E-state index contributed by atoms with van der Waals surface area (Å²) in [5.74, 6) is 2.15. The highest BCUT2D eigenvalue weighted by atomic mass is 29.2. The fourth-order valence-electron chi connectivity index (χ4n) is 5.70. The zero-order valence-electron chi connectivity index (χ0n) is 16.4. The van der Waals surface area contributed by atoms with Crippen LogP contribution >= 0.6 is 0 Å². The van der Waals surface area contributed by atoms with E-state index in [0.717, 1.165) is 16.9 Å². The Morgan fingerprint density at radius 3 is 1.86 bits per heavy atom. The zero-order valence-corrected chi connectivity index (χ0v) is 19.8. The van der Waals surface area contributed by atoms with Crippen molar-refractivity contribution in [1.29, 1.82) is 0 Å². The lowest BCUT2D eigenvalue weighted by molar-refractivity contribution is 0.168. The Kier molecular flexibility index (Phi) is 3.87. The molecular formula is C19H38Si3. The van der Waals surface area contributed by atoms with Crippen LogP contribution in [-0.2, 0) is 0 Å². The third-order valence-electron chi connectivity index (χ3n) is 8.10. The molecule has 0 aliphatic heterocycles. The van der Waals surface area contributed by atoms with Crippen molar-refractivity contribution < 1.29 is 0 Å². The number of allylic oxidation sites excluding steroid dienone is 2. The van der Waals surface area contributed by atoms with Crippen LogP contribution in [0.1, 0.15) is 52.9 Å². The van der Waals surface area contributed by atoms with Crippen molar-refractivity contribution in [3.05, 3.63) is 10.8 Å². The van der Waals surface area contributed by atoms with Crippen molar-refractivity contribution in [3.8, 4) is 0 Å². The van der Waals surface area contributed by atoms with Gasteiger partial charge in [0.05, 0.1) is 8.07 Å². The molecule has 4 bridgehead atoms. The predicted octanol–water partition coefficient (Wildman–Crippen LogP) is 5.72. The summed E-state index contributed by atoms with van der Waals surface area (Å²) in [6, 6.07) is 0. The van der Waals surface area contributed by atoms with Crippen LogP contribution in [0.5, 0.6) is 0 Å². The average molecular weight is 351 g/mol. The van der Waals surface area contributed by atoms with Crippen LogP contribution in [-0.4, -0.2) is 24.7 Å². The highest BCUT2D eigenvalue weighted by Crippen LogP contribution is 2.68. The maximum atomic E-state index is 2.72. The van der Waals surface area contributed by atoms with Crippen molar-refractivity contribution in [2.45, 2.75) is 95.7 Å². The standard InChI is InChI=1S/C19H38Si3/c1-18(2,3)22(7,8)20-17-16-10-14-9-15(11-16)13-19(17,12-14)21(4,5)6/h14-15H,9-13,20H2,1-8H3. The summed E-state index contributed by atoms with van der Waals surface area (Å²) in [6.45, 7) is 21.1. The minimum atomic E-state index is -1.13. The minimum Gasteiger partial charge on any atom is -0.0878 e. The lowest BCUT2D eigenvalue weighted by Gasteiger charge is -2.61. The maximum absolute atomic E-state index is 2.72. The quantitative estimate of drug-likeness (QED) is 0.571. The normalized spacial score (nSPS) is 36.0. The van der Waals surface area contributed by atoms with Crippen molar-refractivity contribution in [2.24, 2.45) is 11.8 Å². The third-order valence-corrected chi connectivity index (χ3v) is 25.4. The Morgan fingerprint density at radius 2 is 1.45 bits per heavy atom. The highest BCUT2D eigenvalue weighted by molar-refractivity contribution is 7.27. The first kappa shape index (κ1) is 17.2.